The fraction of sp³-hybridized carbons (Fsp3) is 0.818. The highest BCUT2D eigenvalue weighted by Gasteiger charge is 2.26. The van der Waals surface area contributed by atoms with Gasteiger partial charge < -0.3 is 10.1 Å². The Morgan fingerprint density at radius 2 is 1.88 bits per heavy atom. The Labute approximate surface area is 96.1 Å². The van der Waals surface area contributed by atoms with Gasteiger partial charge in [-0.2, -0.15) is 0 Å². The van der Waals surface area contributed by atoms with Gasteiger partial charge in [-0.15, -0.1) is 0 Å². The summed E-state index contributed by atoms with van der Waals surface area (Å²) in [7, 11) is 3.41. The molecule has 0 aromatic rings. The quantitative estimate of drug-likeness (QED) is 0.680. The molecule has 1 aliphatic heterocycles. The average molecular weight is 228 g/mol. The van der Waals surface area contributed by atoms with Crippen LogP contribution in [0.25, 0.3) is 0 Å². The summed E-state index contributed by atoms with van der Waals surface area (Å²) in [6.45, 7) is 0.898. The van der Waals surface area contributed by atoms with Crippen LogP contribution in [-0.2, 0) is 14.3 Å². The van der Waals surface area contributed by atoms with E-state index in [0.717, 1.165) is 12.8 Å². The van der Waals surface area contributed by atoms with Crippen molar-refractivity contribution in [3.8, 4) is 0 Å². The number of hydrogen-bond acceptors (Lipinski definition) is 4. The number of likely N-dealkylation sites (tertiary alicyclic amines) is 1. The summed E-state index contributed by atoms with van der Waals surface area (Å²) in [5.41, 5.74) is 0. The van der Waals surface area contributed by atoms with Crippen LogP contribution in [0.5, 0.6) is 0 Å². The van der Waals surface area contributed by atoms with E-state index in [1.54, 1.807) is 14.2 Å². The van der Waals surface area contributed by atoms with Gasteiger partial charge in [-0.05, 0) is 19.9 Å². The van der Waals surface area contributed by atoms with Crippen molar-refractivity contribution < 1.29 is 14.3 Å². The summed E-state index contributed by atoms with van der Waals surface area (Å²) in [6.07, 6.45) is 2.59. The molecule has 0 aliphatic carbocycles. The molecule has 1 fully saturated rings. The summed E-state index contributed by atoms with van der Waals surface area (Å²) in [6, 6.07) is 0.0102. The molecule has 92 valence electrons. The van der Waals surface area contributed by atoms with Crippen LogP contribution in [0.1, 0.15) is 25.7 Å². The van der Waals surface area contributed by atoms with E-state index in [9.17, 15) is 9.59 Å². The molecule has 1 saturated heterocycles. The van der Waals surface area contributed by atoms with Crippen LogP contribution in [0.15, 0.2) is 0 Å². The van der Waals surface area contributed by atoms with Crippen LogP contribution in [0.4, 0.5) is 0 Å². The van der Waals surface area contributed by atoms with Crippen molar-refractivity contribution in [2.75, 3.05) is 27.3 Å². The minimum Gasteiger partial charge on any atom is -0.383 e. The Balaban J connectivity index is 2.59. The van der Waals surface area contributed by atoms with Crippen molar-refractivity contribution >= 4 is 11.8 Å². The van der Waals surface area contributed by atoms with E-state index in [1.165, 1.54) is 4.90 Å². The number of carbonyl (C=O) groups is 2. The molecule has 1 rings (SSSR count). The number of nitrogens with one attached hydrogen (secondary N) is 1. The third-order valence-corrected chi connectivity index (χ3v) is 2.81. The van der Waals surface area contributed by atoms with Gasteiger partial charge in [0.25, 0.3) is 0 Å². The molecule has 0 saturated carbocycles. The van der Waals surface area contributed by atoms with Gasteiger partial charge in [0, 0.05) is 32.5 Å². The van der Waals surface area contributed by atoms with Crippen molar-refractivity contribution in [2.45, 2.75) is 31.7 Å². The molecule has 0 aromatic carbocycles. The van der Waals surface area contributed by atoms with Crippen LogP contribution >= 0.6 is 0 Å². The van der Waals surface area contributed by atoms with Crippen LogP contribution in [0.2, 0.25) is 0 Å². The lowest BCUT2D eigenvalue weighted by molar-refractivity contribution is -0.144. The molecular formula is C11H20N2O3. The maximum absolute atomic E-state index is 11.7. The molecule has 1 N–H and O–H groups in total. The van der Waals surface area contributed by atoms with Crippen molar-refractivity contribution in [3.05, 3.63) is 0 Å². The number of imide groups is 1. The van der Waals surface area contributed by atoms with E-state index in [4.69, 9.17) is 4.74 Å². The second-order valence-corrected chi connectivity index (χ2v) is 4.05. The topological polar surface area (TPSA) is 58.6 Å². The standard InChI is InChI=1S/C11H20N2O3/c1-12-9(8-16-2)7-13-10(14)5-3-4-6-11(13)15/h9,12H,3-8H2,1-2H3. The lowest BCUT2D eigenvalue weighted by atomic mass is 10.2. The molecule has 0 aromatic heterocycles. The third-order valence-electron chi connectivity index (χ3n) is 2.81. The molecule has 1 heterocycles. The second-order valence-electron chi connectivity index (χ2n) is 4.05. The number of amides is 2. The van der Waals surface area contributed by atoms with Gasteiger partial charge in [0.2, 0.25) is 11.8 Å². The normalized spacial score (nSPS) is 19.8. The van der Waals surface area contributed by atoms with Gasteiger partial charge in [0.1, 0.15) is 0 Å². The number of carbonyl (C=O) groups excluding carboxylic acids is 2. The third kappa shape index (κ3) is 3.57. The first kappa shape index (κ1) is 13.1. The van der Waals surface area contributed by atoms with Gasteiger partial charge in [0.15, 0.2) is 0 Å². The zero-order chi connectivity index (χ0) is 12.0. The molecule has 0 bridgehead atoms. The molecule has 5 nitrogen and oxygen atoms in total. The zero-order valence-corrected chi connectivity index (χ0v) is 9.99. The predicted molar refractivity (Wildman–Crippen MR) is 59.9 cm³/mol. The van der Waals surface area contributed by atoms with Gasteiger partial charge >= 0.3 is 0 Å². The number of methoxy groups -OCH3 is 1. The zero-order valence-electron chi connectivity index (χ0n) is 9.99. The van der Waals surface area contributed by atoms with Gasteiger partial charge in [-0.3, -0.25) is 14.5 Å². The van der Waals surface area contributed by atoms with E-state index < -0.39 is 0 Å². The molecule has 1 atom stereocenters. The Bertz CT molecular complexity index is 238. The van der Waals surface area contributed by atoms with Crippen LogP contribution < -0.4 is 5.32 Å². The van der Waals surface area contributed by atoms with Crippen molar-refractivity contribution in [1.82, 2.24) is 10.2 Å². The predicted octanol–water partition coefficient (Wildman–Crippen LogP) is 0.150. The maximum atomic E-state index is 11.7. The minimum absolute atomic E-state index is 0.0102. The lowest BCUT2D eigenvalue weighted by Crippen LogP contribution is -2.46. The van der Waals surface area contributed by atoms with Gasteiger partial charge in [0.05, 0.1) is 6.61 Å². The first-order valence-corrected chi connectivity index (χ1v) is 5.68. The fourth-order valence-corrected chi connectivity index (χ4v) is 1.81. The molecule has 0 radical (unpaired) electrons. The van der Waals surface area contributed by atoms with Crippen LogP contribution in [0, 0.1) is 0 Å². The van der Waals surface area contributed by atoms with E-state index in [0.29, 0.717) is 26.0 Å². The van der Waals surface area contributed by atoms with Crippen LogP contribution in [-0.4, -0.2) is 50.1 Å². The van der Waals surface area contributed by atoms with E-state index in [1.807, 2.05) is 0 Å². The molecule has 5 heteroatoms. The number of ether oxygens (including phenoxy) is 1. The molecule has 0 spiro atoms. The largest absolute Gasteiger partial charge is 0.383 e. The number of rotatable bonds is 5. The highest BCUT2D eigenvalue weighted by molar-refractivity contribution is 5.96. The highest BCUT2D eigenvalue weighted by atomic mass is 16.5. The summed E-state index contributed by atoms with van der Waals surface area (Å²) >= 11 is 0. The van der Waals surface area contributed by atoms with Crippen molar-refractivity contribution in [1.29, 1.82) is 0 Å². The molecule has 2 amide bonds. The Hall–Kier alpha value is -0.940. The Morgan fingerprint density at radius 1 is 1.31 bits per heavy atom. The summed E-state index contributed by atoms with van der Waals surface area (Å²) in [5, 5.41) is 3.04. The molecular weight excluding hydrogens is 208 g/mol. The Morgan fingerprint density at radius 3 is 2.31 bits per heavy atom. The number of nitrogens with zero attached hydrogens (tertiary/aromatic N) is 1. The summed E-state index contributed by atoms with van der Waals surface area (Å²) < 4.78 is 5.03. The highest BCUT2D eigenvalue weighted by Crippen LogP contribution is 2.12. The van der Waals surface area contributed by atoms with E-state index in [-0.39, 0.29) is 17.9 Å². The average Bonchev–Trinajstić information content (AvgIpc) is 2.42. The molecule has 1 aliphatic rings. The number of hydrogen-bond donors (Lipinski definition) is 1. The SMILES string of the molecule is CNC(COC)CN1C(=O)CCCCC1=O. The van der Waals surface area contributed by atoms with Gasteiger partial charge in [-0.25, -0.2) is 0 Å². The molecule has 16 heavy (non-hydrogen) atoms. The summed E-state index contributed by atoms with van der Waals surface area (Å²) in [5.74, 6) is -0.113. The first-order valence-electron chi connectivity index (χ1n) is 5.68. The summed E-state index contributed by atoms with van der Waals surface area (Å²) in [4.78, 5) is 24.8. The van der Waals surface area contributed by atoms with Crippen LogP contribution in [0.3, 0.4) is 0 Å². The second kappa shape index (κ2) is 6.60. The first-order chi connectivity index (χ1) is 7.69. The monoisotopic (exact) mass is 228 g/mol. The minimum atomic E-state index is -0.0566. The maximum Gasteiger partial charge on any atom is 0.229 e. The Kier molecular flexibility index (Phi) is 5.42. The van der Waals surface area contributed by atoms with Crippen molar-refractivity contribution in [3.63, 3.8) is 0 Å². The number of likely N-dealkylation sites (N-methyl/N-ethyl adjacent to an activating group) is 1. The van der Waals surface area contributed by atoms with E-state index >= 15 is 0 Å². The van der Waals surface area contributed by atoms with Crippen molar-refractivity contribution in [2.24, 2.45) is 0 Å². The lowest BCUT2D eigenvalue weighted by Gasteiger charge is -2.24. The van der Waals surface area contributed by atoms with Gasteiger partial charge in [-0.1, -0.05) is 0 Å². The smallest absolute Gasteiger partial charge is 0.229 e. The van der Waals surface area contributed by atoms with E-state index in [2.05, 4.69) is 5.32 Å². The fourth-order valence-electron chi connectivity index (χ4n) is 1.81. The molecule has 1 unspecified atom stereocenters.